The van der Waals surface area contributed by atoms with Crippen LogP contribution in [0.15, 0.2) is 48.5 Å². The van der Waals surface area contributed by atoms with Gasteiger partial charge in [0, 0.05) is 24.5 Å². The molecule has 0 saturated carbocycles. The molecular weight excluding hydrogens is 326 g/mol. The highest BCUT2D eigenvalue weighted by Gasteiger charge is 2.11. The summed E-state index contributed by atoms with van der Waals surface area (Å²) in [7, 11) is 1.84. The van der Waals surface area contributed by atoms with E-state index in [1.54, 1.807) is 4.90 Å². The third-order valence-electron chi connectivity index (χ3n) is 3.55. The van der Waals surface area contributed by atoms with E-state index in [0.29, 0.717) is 6.54 Å². The molecule has 0 bridgehead atoms. The lowest BCUT2D eigenvalue weighted by Gasteiger charge is -2.17. The minimum atomic E-state index is 0.0516. The Morgan fingerprint density at radius 2 is 1.48 bits per heavy atom. The van der Waals surface area contributed by atoms with Gasteiger partial charge in [0.1, 0.15) is 0 Å². The second-order valence-corrected chi connectivity index (χ2v) is 5.72. The summed E-state index contributed by atoms with van der Waals surface area (Å²) in [5, 5.41) is 0.807. The number of aryl methyl sites for hydroxylation is 1. The third kappa shape index (κ3) is 4.18. The van der Waals surface area contributed by atoms with Gasteiger partial charge in [-0.05, 0) is 35.2 Å². The number of nitrogens with zero attached hydrogens (tertiary/aromatic N) is 1. The molecule has 0 aliphatic rings. The first-order valence-electron chi connectivity index (χ1n) is 7.12. The number of alkyl halides is 1. The Bertz CT molecular complexity index is 590. The zero-order valence-electron chi connectivity index (χ0n) is 12.5. The zero-order valence-corrected chi connectivity index (χ0v) is 14.1. The van der Waals surface area contributed by atoms with Crippen LogP contribution in [0.2, 0.25) is 0 Å². The minimum Gasteiger partial charge on any atom is -0.337 e. The van der Waals surface area contributed by atoms with Gasteiger partial charge in [-0.25, -0.2) is 0 Å². The van der Waals surface area contributed by atoms with Crippen molar-refractivity contribution in [3.8, 4) is 0 Å². The molecule has 0 N–H and O–H groups in total. The number of hydrogen-bond acceptors (Lipinski definition) is 1. The highest BCUT2D eigenvalue weighted by atomic mass is 79.9. The van der Waals surface area contributed by atoms with Crippen LogP contribution >= 0.6 is 15.9 Å². The summed E-state index contributed by atoms with van der Waals surface area (Å²) in [5.41, 5.74) is 4.37. The van der Waals surface area contributed by atoms with Crippen LogP contribution in [0.1, 0.15) is 34.0 Å². The molecule has 0 aliphatic carbocycles. The molecule has 21 heavy (non-hydrogen) atoms. The van der Waals surface area contributed by atoms with Crippen molar-refractivity contribution in [2.24, 2.45) is 0 Å². The Labute approximate surface area is 134 Å². The minimum absolute atomic E-state index is 0.0516. The van der Waals surface area contributed by atoms with Crippen molar-refractivity contribution >= 4 is 21.8 Å². The monoisotopic (exact) mass is 345 g/mol. The summed E-state index contributed by atoms with van der Waals surface area (Å²) in [4.78, 5) is 14.1. The maximum atomic E-state index is 12.4. The standard InChI is InChI=1S/C18H20BrNO/c1-3-14-4-6-16(7-5-14)13-20(2)18(21)17-10-8-15(12-19)9-11-17/h4-11H,3,12-13H2,1-2H3. The highest BCUT2D eigenvalue weighted by molar-refractivity contribution is 9.08. The van der Waals surface area contributed by atoms with Crippen LogP contribution in [0.5, 0.6) is 0 Å². The van der Waals surface area contributed by atoms with Gasteiger partial charge in [0.2, 0.25) is 0 Å². The summed E-state index contributed by atoms with van der Waals surface area (Å²) < 4.78 is 0. The molecule has 0 saturated heterocycles. The van der Waals surface area contributed by atoms with E-state index >= 15 is 0 Å². The molecule has 0 heterocycles. The number of carbonyl (C=O) groups excluding carboxylic acids is 1. The van der Waals surface area contributed by atoms with Crippen molar-refractivity contribution in [1.29, 1.82) is 0 Å². The second-order valence-electron chi connectivity index (χ2n) is 5.16. The molecular formula is C18H20BrNO. The van der Waals surface area contributed by atoms with E-state index in [1.807, 2.05) is 31.3 Å². The average molecular weight is 346 g/mol. The lowest BCUT2D eigenvalue weighted by Crippen LogP contribution is -2.26. The van der Waals surface area contributed by atoms with Crippen LogP contribution in [-0.2, 0) is 18.3 Å². The van der Waals surface area contributed by atoms with Crippen molar-refractivity contribution in [3.63, 3.8) is 0 Å². The van der Waals surface area contributed by atoms with Gasteiger partial charge in [-0.2, -0.15) is 0 Å². The fraction of sp³-hybridized carbons (Fsp3) is 0.278. The van der Waals surface area contributed by atoms with Crippen LogP contribution in [0.3, 0.4) is 0 Å². The molecule has 2 aromatic carbocycles. The van der Waals surface area contributed by atoms with Gasteiger partial charge < -0.3 is 4.90 Å². The fourth-order valence-electron chi connectivity index (χ4n) is 2.18. The predicted octanol–water partition coefficient (Wildman–Crippen LogP) is 4.42. The summed E-state index contributed by atoms with van der Waals surface area (Å²) in [6.07, 6.45) is 1.04. The van der Waals surface area contributed by atoms with Crippen molar-refractivity contribution in [2.45, 2.75) is 25.2 Å². The first-order valence-corrected chi connectivity index (χ1v) is 8.24. The number of hydrogen-bond donors (Lipinski definition) is 0. The predicted molar refractivity (Wildman–Crippen MR) is 90.7 cm³/mol. The van der Waals surface area contributed by atoms with Gasteiger partial charge in [-0.15, -0.1) is 0 Å². The maximum Gasteiger partial charge on any atom is 0.253 e. The largest absolute Gasteiger partial charge is 0.337 e. The first-order chi connectivity index (χ1) is 10.1. The number of rotatable bonds is 5. The molecule has 0 spiro atoms. The van der Waals surface area contributed by atoms with Crippen LogP contribution in [0, 0.1) is 0 Å². The molecule has 2 rings (SSSR count). The van der Waals surface area contributed by atoms with E-state index in [0.717, 1.165) is 22.9 Å². The number of benzene rings is 2. The molecule has 2 nitrogen and oxygen atoms in total. The van der Waals surface area contributed by atoms with Gasteiger partial charge >= 0.3 is 0 Å². The van der Waals surface area contributed by atoms with E-state index < -0.39 is 0 Å². The van der Waals surface area contributed by atoms with Crippen molar-refractivity contribution in [3.05, 3.63) is 70.8 Å². The number of halogens is 1. The van der Waals surface area contributed by atoms with E-state index in [9.17, 15) is 4.79 Å². The van der Waals surface area contributed by atoms with Crippen molar-refractivity contribution in [2.75, 3.05) is 7.05 Å². The molecule has 1 amide bonds. The third-order valence-corrected chi connectivity index (χ3v) is 4.20. The van der Waals surface area contributed by atoms with E-state index in [2.05, 4.69) is 47.1 Å². The SMILES string of the molecule is CCc1ccc(CN(C)C(=O)c2ccc(CBr)cc2)cc1. The zero-order chi connectivity index (χ0) is 15.2. The van der Waals surface area contributed by atoms with Gasteiger partial charge in [0.25, 0.3) is 5.91 Å². The maximum absolute atomic E-state index is 12.4. The normalized spacial score (nSPS) is 10.4. The van der Waals surface area contributed by atoms with E-state index in [4.69, 9.17) is 0 Å². The van der Waals surface area contributed by atoms with Crippen LogP contribution in [0.25, 0.3) is 0 Å². The van der Waals surface area contributed by atoms with Gasteiger partial charge in [-0.1, -0.05) is 59.3 Å². The van der Waals surface area contributed by atoms with Gasteiger partial charge in [-0.3, -0.25) is 4.79 Å². The van der Waals surface area contributed by atoms with E-state index in [1.165, 1.54) is 11.1 Å². The van der Waals surface area contributed by atoms with Crippen LogP contribution in [-0.4, -0.2) is 17.9 Å². The fourth-order valence-corrected chi connectivity index (χ4v) is 2.56. The van der Waals surface area contributed by atoms with E-state index in [-0.39, 0.29) is 5.91 Å². The molecule has 0 fully saturated rings. The number of carbonyl (C=O) groups is 1. The molecule has 0 aliphatic heterocycles. The smallest absolute Gasteiger partial charge is 0.253 e. The van der Waals surface area contributed by atoms with Crippen LogP contribution in [0.4, 0.5) is 0 Å². The average Bonchev–Trinajstić information content (AvgIpc) is 2.55. The molecule has 2 aromatic rings. The lowest BCUT2D eigenvalue weighted by molar-refractivity contribution is 0.0785. The summed E-state index contributed by atoms with van der Waals surface area (Å²) in [6.45, 7) is 2.77. The molecule has 0 radical (unpaired) electrons. The Balaban J connectivity index is 2.03. The van der Waals surface area contributed by atoms with Crippen molar-refractivity contribution in [1.82, 2.24) is 4.90 Å². The Hall–Kier alpha value is -1.61. The Kier molecular flexibility index (Phi) is 5.57. The topological polar surface area (TPSA) is 20.3 Å². The van der Waals surface area contributed by atoms with Gasteiger partial charge in [0.05, 0.1) is 0 Å². The van der Waals surface area contributed by atoms with Crippen LogP contribution < -0.4 is 0 Å². The Morgan fingerprint density at radius 1 is 0.952 bits per heavy atom. The summed E-state index contributed by atoms with van der Waals surface area (Å²) in [6, 6.07) is 16.2. The molecule has 0 aromatic heterocycles. The van der Waals surface area contributed by atoms with Crippen molar-refractivity contribution < 1.29 is 4.79 Å². The summed E-state index contributed by atoms with van der Waals surface area (Å²) >= 11 is 3.41. The molecule has 3 heteroatoms. The summed E-state index contributed by atoms with van der Waals surface area (Å²) in [5.74, 6) is 0.0516. The highest BCUT2D eigenvalue weighted by Crippen LogP contribution is 2.12. The first kappa shape index (κ1) is 15.8. The Morgan fingerprint density at radius 3 is 2.00 bits per heavy atom. The number of amides is 1. The lowest BCUT2D eigenvalue weighted by atomic mass is 10.1. The van der Waals surface area contributed by atoms with Gasteiger partial charge in [0.15, 0.2) is 0 Å². The molecule has 110 valence electrons. The molecule has 0 atom stereocenters. The quantitative estimate of drug-likeness (QED) is 0.734. The second kappa shape index (κ2) is 7.41. The molecule has 0 unspecified atom stereocenters.